The van der Waals surface area contributed by atoms with E-state index in [0.717, 1.165) is 18.2 Å². The van der Waals surface area contributed by atoms with Crippen LogP contribution in [0.15, 0.2) is 18.2 Å². The Morgan fingerprint density at radius 1 is 1.36 bits per heavy atom. The molecule has 0 saturated carbocycles. The molecule has 0 amide bonds. The van der Waals surface area contributed by atoms with Gasteiger partial charge in [0, 0.05) is 6.54 Å². The molecule has 74 valence electrons. The first-order valence-electron chi connectivity index (χ1n) is 3.79. The van der Waals surface area contributed by atoms with E-state index in [1.165, 1.54) is 0 Å². The summed E-state index contributed by atoms with van der Waals surface area (Å²) in [7, 11) is 0. The lowest BCUT2D eigenvalue weighted by Gasteiger charge is -2.11. The first-order chi connectivity index (χ1) is 6.49. The zero-order valence-corrected chi connectivity index (χ0v) is 7.10. The Morgan fingerprint density at radius 2 is 2.00 bits per heavy atom. The highest BCUT2D eigenvalue weighted by Gasteiger charge is 2.32. The summed E-state index contributed by atoms with van der Waals surface area (Å²) < 4.78 is 37.0. The molecular weight excluding hydrogens is 193 g/mol. The first-order valence-corrected chi connectivity index (χ1v) is 3.79. The predicted molar refractivity (Wildman–Crippen MR) is 44.1 cm³/mol. The van der Waals surface area contributed by atoms with E-state index < -0.39 is 11.7 Å². The predicted octanol–water partition coefficient (Wildman–Crippen LogP) is 2.04. The number of nitrogens with zero attached hydrogens (tertiary/aromatic N) is 1. The number of alkyl halides is 3. The third-order valence-corrected chi connectivity index (χ3v) is 1.76. The fourth-order valence-corrected chi connectivity index (χ4v) is 1.11. The van der Waals surface area contributed by atoms with Crippen LogP contribution in [0.1, 0.15) is 16.7 Å². The van der Waals surface area contributed by atoms with Gasteiger partial charge in [0.2, 0.25) is 0 Å². The molecule has 0 unspecified atom stereocenters. The molecule has 2 N–H and O–H groups in total. The summed E-state index contributed by atoms with van der Waals surface area (Å²) in [4.78, 5) is 0. The number of halogens is 3. The molecule has 2 nitrogen and oxygen atoms in total. The fourth-order valence-electron chi connectivity index (χ4n) is 1.11. The number of hydrogen-bond donors (Lipinski definition) is 1. The molecule has 14 heavy (non-hydrogen) atoms. The van der Waals surface area contributed by atoms with Crippen LogP contribution in [0.3, 0.4) is 0 Å². The van der Waals surface area contributed by atoms with Crippen LogP contribution in [0, 0.1) is 11.3 Å². The van der Waals surface area contributed by atoms with Gasteiger partial charge in [-0.25, -0.2) is 0 Å². The van der Waals surface area contributed by atoms with Crippen molar-refractivity contribution in [2.45, 2.75) is 12.7 Å². The van der Waals surface area contributed by atoms with Gasteiger partial charge >= 0.3 is 6.18 Å². The lowest BCUT2D eigenvalue weighted by molar-refractivity contribution is -0.138. The third kappa shape index (κ3) is 2.03. The van der Waals surface area contributed by atoms with Gasteiger partial charge in [-0.15, -0.1) is 0 Å². The van der Waals surface area contributed by atoms with Crippen LogP contribution in [0.25, 0.3) is 0 Å². The molecule has 0 aliphatic heterocycles. The molecule has 1 rings (SSSR count). The number of benzene rings is 1. The average Bonchev–Trinajstić information content (AvgIpc) is 2.15. The zero-order valence-electron chi connectivity index (χ0n) is 7.10. The number of hydrogen-bond acceptors (Lipinski definition) is 2. The molecule has 0 aliphatic carbocycles. The van der Waals surface area contributed by atoms with Crippen LogP contribution in [0.2, 0.25) is 0 Å². The lowest BCUT2D eigenvalue weighted by Crippen LogP contribution is -2.12. The van der Waals surface area contributed by atoms with Crippen molar-refractivity contribution in [1.29, 1.82) is 5.26 Å². The van der Waals surface area contributed by atoms with Crippen molar-refractivity contribution in [2.24, 2.45) is 5.73 Å². The Hall–Kier alpha value is -1.54. The van der Waals surface area contributed by atoms with Crippen LogP contribution < -0.4 is 5.73 Å². The lowest BCUT2D eigenvalue weighted by atomic mass is 10.0. The summed E-state index contributed by atoms with van der Waals surface area (Å²) in [6, 6.07) is 4.92. The Labute approximate surface area is 78.8 Å². The molecule has 0 atom stereocenters. The second-order valence-corrected chi connectivity index (χ2v) is 2.69. The Kier molecular flexibility index (Phi) is 2.77. The largest absolute Gasteiger partial charge is 0.416 e. The highest BCUT2D eigenvalue weighted by molar-refractivity contribution is 5.39. The van der Waals surface area contributed by atoms with Crippen LogP contribution in [-0.4, -0.2) is 0 Å². The summed E-state index contributed by atoms with van der Waals surface area (Å²) in [6.45, 7) is -0.232. The number of nitrogens with two attached hydrogens (primary N) is 1. The minimum absolute atomic E-state index is 0.0587. The Balaban J connectivity index is 3.27. The summed E-state index contributed by atoms with van der Waals surface area (Å²) in [5, 5.41) is 8.48. The SMILES string of the molecule is N#Cc1ccc(C(F)(F)F)c(CN)c1. The summed E-state index contributed by atoms with van der Waals surface area (Å²) in [5.41, 5.74) is 4.50. The van der Waals surface area contributed by atoms with Crippen LogP contribution in [-0.2, 0) is 12.7 Å². The monoisotopic (exact) mass is 200 g/mol. The molecule has 5 heteroatoms. The molecule has 0 heterocycles. The molecule has 0 saturated heterocycles. The highest BCUT2D eigenvalue weighted by Crippen LogP contribution is 2.32. The summed E-state index contributed by atoms with van der Waals surface area (Å²) in [6.07, 6.45) is -4.41. The number of rotatable bonds is 1. The van der Waals surface area contributed by atoms with E-state index in [0.29, 0.717) is 0 Å². The minimum Gasteiger partial charge on any atom is -0.326 e. The van der Waals surface area contributed by atoms with Gasteiger partial charge < -0.3 is 5.73 Å². The molecule has 0 fully saturated rings. The summed E-state index contributed by atoms with van der Waals surface area (Å²) >= 11 is 0. The van der Waals surface area contributed by atoms with E-state index in [4.69, 9.17) is 11.0 Å². The maximum absolute atomic E-state index is 12.3. The normalized spacial score (nSPS) is 11.1. The van der Waals surface area contributed by atoms with Crippen molar-refractivity contribution in [3.8, 4) is 6.07 Å². The molecule has 1 aromatic rings. The van der Waals surface area contributed by atoms with Gasteiger partial charge in [0.1, 0.15) is 0 Å². The van der Waals surface area contributed by atoms with E-state index in [2.05, 4.69) is 0 Å². The van der Waals surface area contributed by atoms with Crippen molar-refractivity contribution < 1.29 is 13.2 Å². The fraction of sp³-hybridized carbons (Fsp3) is 0.222. The van der Waals surface area contributed by atoms with Crippen LogP contribution in [0.5, 0.6) is 0 Å². The van der Waals surface area contributed by atoms with Crippen molar-refractivity contribution in [3.63, 3.8) is 0 Å². The third-order valence-electron chi connectivity index (χ3n) is 1.76. The van der Waals surface area contributed by atoms with Gasteiger partial charge in [0.25, 0.3) is 0 Å². The van der Waals surface area contributed by atoms with E-state index >= 15 is 0 Å². The maximum Gasteiger partial charge on any atom is 0.416 e. The zero-order chi connectivity index (χ0) is 10.8. The topological polar surface area (TPSA) is 49.8 Å². The van der Waals surface area contributed by atoms with Crippen molar-refractivity contribution in [1.82, 2.24) is 0 Å². The minimum atomic E-state index is -4.41. The van der Waals surface area contributed by atoms with Gasteiger partial charge in [0.05, 0.1) is 17.2 Å². The quantitative estimate of drug-likeness (QED) is 0.754. The van der Waals surface area contributed by atoms with Gasteiger partial charge in [-0.3, -0.25) is 0 Å². The number of nitriles is 1. The Morgan fingerprint density at radius 3 is 2.43 bits per heavy atom. The van der Waals surface area contributed by atoms with Crippen molar-refractivity contribution in [3.05, 3.63) is 34.9 Å². The second-order valence-electron chi connectivity index (χ2n) is 2.69. The van der Waals surface area contributed by atoms with Gasteiger partial charge in [0.15, 0.2) is 0 Å². The van der Waals surface area contributed by atoms with Crippen LogP contribution in [0.4, 0.5) is 13.2 Å². The molecular formula is C9H7F3N2. The van der Waals surface area contributed by atoms with Crippen LogP contribution >= 0.6 is 0 Å². The first kappa shape index (κ1) is 10.5. The molecule has 0 spiro atoms. The van der Waals surface area contributed by atoms with E-state index in [-0.39, 0.29) is 17.7 Å². The maximum atomic E-state index is 12.3. The van der Waals surface area contributed by atoms with E-state index in [1.807, 2.05) is 0 Å². The Bertz CT molecular complexity index is 377. The van der Waals surface area contributed by atoms with E-state index in [1.54, 1.807) is 6.07 Å². The average molecular weight is 200 g/mol. The summed E-state index contributed by atoms with van der Waals surface area (Å²) in [5.74, 6) is 0. The highest BCUT2D eigenvalue weighted by atomic mass is 19.4. The molecule has 0 aromatic heterocycles. The molecule has 1 aromatic carbocycles. The van der Waals surface area contributed by atoms with Crippen molar-refractivity contribution >= 4 is 0 Å². The van der Waals surface area contributed by atoms with E-state index in [9.17, 15) is 13.2 Å². The van der Waals surface area contributed by atoms with Gasteiger partial charge in [-0.1, -0.05) is 0 Å². The second kappa shape index (κ2) is 3.68. The molecule has 0 radical (unpaired) electrons. The molecule has 0 aliphatic rings. The molecule has 0 bridgehead atoms. The standard InChI is InChI=1S/C9H7F3N2/c10-9(11,12)8-2-1-6(4-13)3-7(8)5-14/h1-3H,5,14H2. The van der Waals surface area contributed by atoms with Crippen molar-refractivity contribution in [2.75, 3.05) is 0 Å². The van der Waals surface area contributed by atoms with Gasteiger partial charge in [-0.2, -0.15) is 18.4 Å². The smallest absolute Gasteiger partial charge is 0.326 e. The van der Waals surface area contributed by atoms with Gasteiger partial charge in [-0.05, 0) is 23.8 Å².